The highest BCUT2D eigenvalue weighted by Crippen LogP contribution is 2.44. The van der Waals surface area contributed by atoms with Gasteiger partial charge in [0, 0.05) is 23.5 Å². The molecule has 0 bridgehead atoms. The molecule has 0 unspecified atom stereocenters. The Morgan fingerprint density at radius 1 is 0.795 bits per heavy atom. The molecule has 5 rings (SSSR count). The molecule has 3 aliphatic rings. The highest BCUT2D eigenvalue weighted by atomic mass is 19.3. The van der Waals surface area contributed by atoms with Crippen molar-refractivity contribution in [3.8, 4) is 16.9 Å². The first kappa shape index (κ1) is 33.1. The molecule has 2 saturated carbocycles. The van der Waals surface area contributed by atoms with Crippen LogP contribution < -0.4 is 4.74 Å². The van der Waals surface area contributed by atoms with Crippen molar-refractivity contribution in [1.82, 2.24) is 0 Å². The Morgan fingerprint density at radius 3 is 2.09 bits per heavy atom. The molecule has 1 heterocycles. The molecule has 3 fully saturated rings. The molecule has 0 amide bonds. The van der Waals surface area contributed by atoms with Crippen molar-refractivity contribution < 1.29 is 40.6 Å². The Morgan fingerprint density at radius 2 is 1.48 bits per heavy atom. The third-order valence-electron chi connectivity index (χ3n) is 10.1. The smallest absolute Gasteiger partial charge is 0.400 e. The molecule has 0 spiro atoms. The second-order valence-corrected chi connectivity index (χ2v) is 13.0. The van der Waals surface area contributed by atoms with E-state index in [-0.39, 0.29) is 41.9 Å². The van der Waals surface area contributed by atoms with Gasteiger partial charge in [0.1, 0.15) is 17.4 Å². The Labute approximate surface area is 256 Å². The van der Waals surface area contributed by atoms with Crippen LogP contribution in [0.5, 0.6) is 5.75 Å². The molecule has 1 saturated heterocycles. The quantitative estimate of drug-likeness (QED) is 0.183. The van der Waals surface area contributed by atoms with Gasteiger partial charge in [0.15, 0.2) is 6.29 Å². The van der Waals surface area contributed by atoms with Crippen molar-refractivity contribution >= 4 is 0 Å². The van der Waals surface area contributed by atoms with Gasteiger partial charge in [-0.2, -0.15) is 8.78 Å². The molecule has 44 heavy (non-hydrogen) atoms. The van der Waals surface area contributed by atoms with Gasteiger partial charge in [0.2, 0.25) is 0 Å². The Bertz CT molecular complexity index is 1200. The van der Waals surface area contributed by atoms with Gasteiger partial charge in [-0.05, 0) is 80.2 Å². The number of ether oxygens (including phenoxy) is 3. The number of alkyl halides is 4. The van der Waals surface area contributed by atoms with E-state index >= 15 is 8.78 Å². The molecule has 1 aliphatic heterocycles. The zero-order valence-electron chi connectivity index (χ0n) is 25.4. The summed E-state index contributed by atoms with van der Waals surface area (Å²) in [6, 6.07) is 6.01. The summed E-state index contributed by atoms with van der Waals surface area (Å²) in [5.41, 5.74) is -0.879. The van der Waals surface area contributed by atoms with Gasteiger partial charge < -0.3 is 14.2 Å². The van der Waals surface area contributed by atoms with Gasteiger partial charge in [-0.3, -0.25) is 0 Å². The molecule has 3 nitrogen and oxygen atoms in total. The Hall–Kier alpha value is -2.26. The van der Waals surface area contributed by atoms with E-state index in [4.69, 9.17) is 14.2 Å². The molecule has 2 aromatic rings. The standard InChI is InChI=1S/C35H44F6O3/c1-2-3-4-5-22-6-8-23(9-7-22)26-20-42-34(43-21-26)24-10-13-27(14-11-24)35(40,41)44-28-15-17-29(32(37)19-28)25-12-16-30(33(38)39)31(36)18-25/h12,15-19,22-24,26-27,33-34H,2-11,13-14,20-21H2,1H3. The van der Waals surface area contributed by atoms with Crippen molar-refractivity contribution in [3.05, 3.63) is 53.6 Å². The van der Waals surface area contributed by atoms with Crippen LogP contribution in [0, 0.1) is 41.2 Å². The van der Waals surface area contributed by atoms with Crippen LogP contribution in [0.2, 0.25) is 0 Å². The van der Waals surface area contributed by atoms with Crippen molar-refractivity contribution in [2.24, 2.45) is 29.6 Å². The van der Waals surface area contributed by atoms with E-state index in [1.54, 1.807) is 0 Å². The lowest BCUT2D eigenvalue weighted by Crippen LogP contribution is -2.43. The molecule has 9 heteroatoms. The summed E-state index contributed by atoms with van der Waals surface area (Å²) < 4.78 is 102. The normalized spacial score (nSPS) is 28.3. The molecule has 0 N–H and O–H groups in total. The fraction of sp³-hybridized carbons (Fsp3) is 0.657. The van der Waals surface area contributed by atoms with E-state index in [2.05, 4.69) is 6.92 Å². The van der Waals surface area contributed by atoms with Gasteiger partial charge in [-0.15, -0.1) is 0 Å². The minimum atomic E-state index is -3.52. The first-order valence-electron chi connectivity index (χ1n) is 16.3. The Balaban J connectivity index is 1.07. The summed E-state index contributed by atoms with van der Waals surface area (Å²) in [7, 11) is 0. The predicted molar refractivity (Wildman–Crippen MR) is 157 cm³/mol. The summed E-state index contributed by atoms with van der Waals surface area (Å²) in [6.45, 7) is 3.57. The van der Waals surface area contributed by atoms with Crippen molar-refractivity contribution in [2.45, 2.75) is 103 Å². The van der Waals surface area contributed by atoms with Crippen LogP contribution in [0.15, 0.2) is 36.4 Å². The number of hydrogen-bond donors (Lipinski definition) is 0. The first-order valence-corrected chi connectivity index (χ1v) is 16.3. The molecule has 244 valence electrons. The summed E-state index contributed by atoms with van der Waals surface area (Å²) in [6.07, 6.45) is 4.94. The maximum Gasteiger partial charge on any atom is 0.400 e. The summed E-state index contributed by atoms with van der Waals surface area (Å²) in [4.78, 5) is 0. The predicted octanol–water partition coefficient (Wildman–Crippen LogP) is 10.7. The van der Waals surface area contributed by atoms with Gasteiger partial charge in [-0.25, -0.2) is 17.6 Å². The number of benzene rings is 2. The van der Waals surface area contributed by atoms with Crippen LogP contribution in [0.1, 0.15) is 96.0 Å². The number of halogens is 6. The highest BCUT2D eigenvalue weighted by Gasteiger charge is 2.46. The van der Waals surface area contributed by atoms with Gasteiger partial charge >= 0.3 is 6.11 Å². The average molecular weight is 627 g/mol. The monoisotopic (exact) mass is 626 g/mol. The van der Waals surface area contributed by atoms with E-state index in [0.29, 0.717) is 37.9 Å². The maximum atomic E-state index is 15.1. The first-order chi connectivity index (χ1) is 21.1. The van der Waals surface area contributed by atoms with Gasteiger partial charge in [0.25, 0.3) is 6.43 Å². The topological polar surface area (TPSA) is 27.7 Å². The summed E-state index contributed by atoms with van der Waals surface area (Å²) in [5.74, 6) is -1.54. The SMILES string of the molecule is CCCCCC1CCC(C2COC(C3CCC(C(F)(F)Oc4ccc(-c5ccc(C(F)F)c(F)c5)c(F)c4)CC3)OC2)CC1. The molecular formula is C35H44F6O3. The van der Waals surface area contributed by atoms with E-state index in [1.807, 2.05) is 0 Å². The molecule has 2 aromatic carbocycles. The van der Waals surface area contributed by atoms with Crippen molar-refractivity contribution in [1.29, 1.82) is 0 Å². The van der Waals surface area contributed by atoms with Crippen LogP contribution in [-0.4, -0.2) is 25.6 Å². The lowest BCUT2D eigenvalue weighted by molar-refractivity contribution is -0.251. The van der Waals surface area contributed by atoms with Crippen LogP contribution in [0.3, 0.4) is 0 Å². The zero-order chi connectivity index (χ0) is 31.3. The number of rotatable bonds is 11. The van der Waals surface area contributed by atoms with E-state index in [1.165, 1.54) is 63.5 Å². The van der Waals surface area contributed by atoms with E-state index in [0.717, 1.165) is 30.2 Å². The average Bonchev–Trinajstić information content (AvgIpc) is 3.01. The molecule has 0 atom stereocenters. The van der Waals surface area contributed by atoms with E-state index < -0.39 is 35.6 Å². The molecule has 0 aromatic heterocycles. The second kappa shape index (κ2) is 14.9. The van der Waals surface area contributed by atoms with Gasteiger partial charge in [-0.1, -0.05) is 51.5 Å². The largest absolute Gasteiger partial charge is 0.432 e. The number of hydrogen-bond acceptors (Lipinski definition) is 3. The van der Waals surface area contributed by atoms with Crippen LogP contribution in [0.25, 0.3) is 11.1 Å². The zero-order valence-corrected chi connectivity index (χ0v) is 25.4. The van der Waals surface area contributed by atoms with Crippen LogP contribution in [0.4, 0.5) is 26.3 Å². The Kier molecular flexibility index (Phi) is 11.2. The minimum absolute atomic E-state index is 0.0182. The third-order valence-corrected chi connectivity index (χ3v) is 10.1. The van der Waals surface area contributed by atoms with Crippen molar-refractivity contribution in [2.75, 3.05) is 13.2 Å². The molecular weight excluding hydrogens is 582 g/mol. The summed E-state index contributed by atoms with van der Waals surface area (Å²) in [5, 5.41) is 0. The minimum Gasteiger partial charge on any atom is -0.432 e. The lowest BCUT2D eigenvalue weighted by atomic mass is 9.74. The van der Waals surface area contributed by atoms with Crippen molar-refractivity contribution in [3.63, 3.8) is 0 Å². The highest BCUT2D eigenvalue weighted by molar-refractivity contribution is 5.65. The van der Waals surface area contributed by atoms with Crippen LogP contribution >= 0.6 is 0 Å². The van der Waals surface area contributed by atoms with E-state index in [9.17, 15) is 17.6 Å². The lowest BCUT2D eigenvalue weighted by Gasteiger charge is -2.41. The fourth-order valence-electron chi connectivity index (χ4n) is 7.34. The maximum absolute atomic E-state index is 15.1. The second-order valence-electron chi connectivity index (χ2n) is 13.0. The molecule has 2 aliphatic carbocycles. The summed E-state index contributed by atoms with van der Waals surface area (Å²) >= 11 is 0. The molecule has 0 radical (unpaired) electrons. The number of unbranched alkanes of at least 4 members (excludes halogenated alkanes) is 2. The fourth-order valence-corrected chi connectivity index (χ4v) is 7.34. The third kappa shape index (κ3) is 8.11. The van der Waals surface area contributed by atoms with Gasteiger partial charge in [0.05, 0.1) is 24.7 Å². The van der Waals surface area contributed by atoms with Crippen LogP contribution in [-0.2, 0) is 9.47 Å².